The molecule has 0 atom stereocenters. The number of hydrogen-bond acceptors (Lipinski definition) is 4. The Morgan fingerprint density at radius 1 is 1.00 bits per heavy atom. The van der Waals surface area contributed by atoms with Gasteiger partial charge in [0.1, 0.15) is 0 Å². The lowest BCUT2D eigenvalue weighted by molar-refractivity contribution is 0.355. The Morgan fingerprint density at radius 3 is 2.23 bits per heavy atom. The number of rotatable bonds is 6. The van der Waals surface area contributed by atoms with Crippen molar-refractivity contribution in [3.8, 4) is 11.5 Å². The van der Waals surface area contributed by atoms with Gasteiger partial charge in [0, 0.05) is 11.1 Å². The summed E-state index contributed by atoms with van der Waals surface area (Å²) >= 11 is 5.78. The molecular formula is C15H16ClNO4S. The van der Waals surface area contributed by atoms with Crippen molar-refractivity contribution in [3.05, 3.63) is 53.1 Å². The van der Waals surface area contributed by atoms with E-state index in [9.17, 15) is 8.42 Å². The Balaban J connectivity index is 2.16. The van der Waals surface area contributed by atoms with Gasteiger partial charge in [0.25, 0.3) is 0 Å². The van der Waals surface area contributed by atoms with Crippen LogP contribution in [0.25, 0.3) is 0 Å². The molecule has 1 N–H and O–H groups in total. The average Bonchev–Trinajstić information content (AvgIpc) is 2.48. The first-order chi connectivity index (χ1) is 10.4. The number of benzene rings is 2. The molecule has 0 saturated heterocycles. The largest absolute Gasteiger partial charge is 0.493 e. The van der Waals surface area contributed by atoms with Crippen LogP contribution in [0.4, 0.5) is 5.69 Å². The van der Waals surface area contributed by atoms with Gasteiger partial charge in [-0.25, -0.2) is 8.42 Å². The maximum atomic E-state index is 12.2. The van der Waals surface area contributed by atoms with E-state index in [2.05, 4.69) is 4.72 Å². The molecule has 0 saturated carbocycles. The molecule has 0 aliphatic rings. The van der Waals surface area contributed by atoms with E-state index in [0.717, 1.165) is 0 Å². The van der Waals surface area contributed by atoms with Crippen LogP contribution in [-0.4, -0.2) is 22.6 Å². The lowest BCUT2D eigenvalue weighted by Gasteiger charge is -2.12. The van der Waals surface area contributed by atoms with Crippen LogP contribution < -0.4 is 14.2 Å². The quantitative estimate of drug-likeness (QED) is 0.875. The lowest BCUT2D eigenvalue weighted by atomic mass is 10.2. The maximum absolute atomic E-state index is 12.2. The van der Waals surface area contributed by atoms with E-state index >= 15 is 0 Å². The minimum Gasteiger partial charge on any atom is -0.493 e. The van der Waals surface area contributed by atoms with Gasteiger partial charge in [0.2, 0.25) is 10.0 Å². The highest BCUT2D eigenvalue weighted by Gasteiger charge is 2.13. The van der Waals surface area contributed by atoms with E-state index in [4.69, 9.17) is 21.1 Å². The van der Waals surface area contributed by atoms with Crippen molar-refractivity contribution in [2.45, 2.75) is 5.75 Å². The molecule has 22 heavy (non-hydrogen) atoms. The molecule has 0 spiro atoms. The fourth-order valence-electron chi connectivity index (χ4n) is 1.92. The van der Waals surface area contributed by atoms with Crippen molar-refractivity contribution >= 4 is 27.3 Å². The number of anilines is 1. The Labute approximate surface area is 134 Å². The number of methoxy groups -OCH3 is 2. The van der Waals surface area contributed by atoms with E-state index in [1.54, 1.807) is 42.5 Å². The van der Waals surface area contributed by atoms with Crippen LogP contribution in [0.1, 0.15) is 5.56 Å². The van der Waals surface area contributed by atoms with Crippen molar-refractivity contribution < 1.29 is 17.9 Å². The molecule has 118 valence electrons. The van der Waals surface area contributed by atoms with Gasteiger partial charge in [-0.3, -0.25) is 4.72 Å². The number of hydrogen-bond donors (Lipinski definition) is 1. The van der Waals surface area contributed by atoms with Crippen molar-refractivity contribution in [1.82, 2.24) is 0 Å². The number of halogens is 1. The highest BCUT2D eigenvalue weighted by molar-refractivity contribution is 7.91. The molecule has 7 heteroatoms. The van der Waals surface area contributed by atoms with Crippen LogP contribution in [0.15, 0.2) is 42.5 Å². The van der Waals surface area contributed by atoms with E-state index < -0.39 is 10.0 Å². The summed E-state index contributed by atoms with van der Waals surface area (Å²) in [6.45, 7) is 0. The molecule has 2 aromatic rings. The summed E-state index contributed by atoms with van der Waals surface area (Å²) < 4.78 is 37.2. The summed E-state index contributed by atoms with van der Waals surface area (Å²) in [5, 5.41) is 0.564. The summed E-state index contributed by atoms with van der Waals surface area (Å²) in [5.41, 5.74) is 1.06. The average molecular weight is 342 g/mol. The third kappa shape index (κ3) is 4.29. The fourth-order valence-corrected chi connectivity index (χ4v) is 3.23. The van der Waals surface area contributed by atoms with E-state index in [1.165, 1.54) is 14.2 Å². The van der Waals surface area contributed by atoms with Gasteiger partial charge in [-0.2, -0.15) is 0 Å². The lowest BCUT2D eigenvalue weighted by Crippen LogP contribution is -2.15. The van der Waals surface area contributed by atoms with Crippen molar-refractivity contribution in [1.29, 1.82) is 0 Å². The molecular weight excluding hydrogens is 326 g/mol. The molecule has 0 radical (unpaired) electrons. The molecule has 0 heterocycles. The fraction of sp³-hybridized carbons (Fsp3) is 0.200. The van der Waals surface area contributed by atoms with E-state index in [-0.39, 0.29) is 5.75 Å². The SMILES string of the molecule is COc1ccc(NS(=O)(=O)Cc2ccc(Cl)cc2)cc1OC. The normalized spacial score (nSPS) is 11.0. The minimum atomic E-state index is -3.53. The topological polar surface area (TPSA) is 64.6 Å². The Hall–Kier alpha value is -1.92. The summed E-state index contributed by atoms with van der Waals surface area (Å²) in [6.07, 6.45) is 0. The molecule has 0 aliphatic carbocycles. The zero-order valence-electron chi connectivity index (χ0n) is 12.2. The molecule has 0 aromatic heterocycles. The van der Waals surface area contributed by atoms with Gasteiger partial charge in [-0.05, 0) is 29.8 Å². The van der Waals surface area contributed by atoms with Crippen molar-refractivity contribution in [2.75, 3.05) is 18.9 Å². The third-order valence-corrected chi connectivity index (χ3v) is 4.44. The number of ether oxygens (including phenoxy) is 2. The second kappa shape index (κ2) is 6.89. The highest BCUT2D eigenvalue weighted by atomic mass is 35.5. The molecule has 0 bridgehead atoms. The first-order valence-corrected chi connectivity index (χ1v) is 8.43. The molecule has 5 nitrogen and oxygen atoms in total. The van der Waals surface area contributed by atoms with Crippen LogP contribution in [-0.2, 0) is 15.8 Å². The van der Waals surface area contributed by atoms with Crippen molar-refractivity contribution in [2.24, 2.45) is 0 Å². The molecule has 0 unspecified atom stereocenters. The zero-order chi connectivity index (χ0) is 16.2. The predicted molar refractivity (Wildman–Crippen MR) is 87.2 cm³/mol. The monoisotopic (exact) mass is 341 g/mol. The molecule has 0 fully saturated rings. The van der Waals surface area contributed by atoms with E-state index in [1.807, 2.05) is 0 Å². The van der Waals surface area contributed by atoms with Gasteiger partial charge in [0.15, 0.2) is 11.5 Å². The standard InChI is InChI=1S/C15H16ClNO4S/c1-20-14-8-7-13(9-15(14)21-2)17-22(18,19)10-11-3-5-12(16)6-4-11/h3-9,17H,10H2,1-2H3. The summed E-state index contributed by atoms with van der Waals surface area (Å²) in [7, 11) is -0.529. The number of sulfonamides is 1. The molecule has 0 aliphatic heterocycles. The van der Waals surface area contributed by atoms with Crippen LogP contribution in [0.3, 0.4) is 0 Å². The summed E-state index contributed by atoms with van der Waals surface area (Å²) in [6, 6.07) is 11.5. The maximum Gasteiger partial charge on any atom is 0.236 e. The number of nitrogens with one attached hydrogen (secondary N) is 1. The molecule has 2 aromatic carbocycles. The van der Waals surface area contributed by atoms with Gasteiger partial charge in [-0.1, -0.05) is 23.7 Å². The second-order valence-electron chi connectivity index (χ2n) is 4.56. The first kappa shape index (κ1) is 16.5. The van der Waals surface area contributed by atoms with E-state index in [0.29, 0.717) is 27.8 Å². The van der Waals surface area contributed by atoms with Crippen LogP contribution in [0.2, 0.25) is 5.02 Å². The molecule has 2 rings (SSSR count). The second-order valence-corrected chi connectivity index (χ2v) is 6.72. The third-order valence-electron chi connectivity index (χ3n) is 2.93. The smallest absolute Gasteiger partial charge is 0.236 e. The van der Waals surface area contributed by atoms with Crippen LogP contribution >= 0.6 is 11.6 Å². The minimum absolute atomic E-state index is 0.140. The van der Waals surface area contributed by atoms with Gasteiger partial charge in [-0.15, -0.1) is 0 Å². The van der Waals surface area contributed by atoms with Gasteiger partial charge in [0.05, 0.1) is 25.7 Å². The Morgan fingerprint density at radius 2 is 1.64 bits per heavy atom. The van der Waals surface area contributed by atoms with Gasteiger partial charge < -0.3 is 9.47 Å². The molecule has 0 amide bonds. The van der Waals surface area contributed by atoms with Crippen LogP contribution in [0.5, 0.6) is 11.5 Å². The zero-order valence-corrected chi connectivity index (χ0v) is 13.7. The predicted octanol–water partition coefficient (Wildman–Crippen LogP) is 3.30. The van der Waals surface area contributed by atoms with Crippen molar-refractivity contribution in [3.63, 3.8) is 0 Å². The highest BCUT2D eigenvalue weighted by Crippen LogP contribution is 2.30. The van der Waals surface area contributed by atoms with Gasteiger partial charge >= 0.3 is 0 Å². The Kier molecular flexibility index (Phi) is 5.15. The van der Waals surface area contributed by atoms with Crippen LogP contribution in [0, 0.1) is 0 Å². The first-order valence-electron chi connectivity index (χ1n) is 6.40. The summed E-state index contributed by atoms with van der Waals surface area (Å²) in [4.78, 5) is 0. The summed E-state index contributed by atoms with van der Waals surface area (Å²) in [5.74, 6) is 0.843. The Bertz CT molecular complexity index is 745.